The molecule has 1 atom stereocenters. The number of esters is 2. The van der Waals surface area contributed by atoms with E-state index in [-0.39, 0.29) is 18.5 Å². The molecule has 0 fully saturated rings. The summed E-state index contributed by atoms with van der Waals surface area (Å²) in [7, 11) is 1.53. The van der Waals surface area contributed by atoms with Gasteiger partial charge in [0.2, 0.25) is 5.79 Å². The van der Waals surface area contributed by atoms with Crippen molar-refractivity contribution in [2.45, 2.75) is 52.4 Å². The molecule has 0 amide bonds. The van der Waals surface area contributed by atoms with E-state index in [1.54, 1.807) is 25.3 Å². The van der Waals surface area contributed by atoms with Crippen molar-refractivity contribution in [2.75, 3.05) is 7.11 Å². The van der Waals surface area contributed by atoms with Crippen LogP contribution >= 0.6 is 0 Å². The maximum Gasteiger partial charge on any atom is 0.336 e. The second-order valence-corrected chi connectivity index (χ2v) is 6.73. The Morgan fingerprint density at radius 2 is 2.07 bits per heavy atom. The Bertz CT molecular complexity index is 754. The lowest BCUT2D eigenvalue weighted by molar-refractivity contribution is -0.188. The van der Waals surface area contributed by atoms with Gasteiger partial charge in [0.05, 0.1) is 12.5 Å². The van der Waals surface area contributed by atoms with E-state index in [1.807, 2.05) is 13.8 Å². The van der Waals surface area contributed by atoms with Gasteiger partial charge in [0, 0.05) is 30.7 Å². The van der Waals surface area contributed by atoms with Crippen LogP contribution in [-0.2, 0) is 30.4 Å². The van der Waals surface area contributed by atoms with Crippen molar-refractivity contribution in [1.82, 2.24) is 0 Å². The number of hydrogen-bond donors (Lipinski definition) is 0. The zero-order valence-electron chi connectivity index (χ0n) is 16.2. The van der Waals surface area contributed by atoms with E-state index in [4.69, 9.17) is 18.6 Å². The Labute approximate surface area is 159 Å². The average Bonchev–Trinajstić information content (AvgIpc) is 3.22. The van der Waals surface area contributed by atoms with E-state index in [0.29, 0.717) is 12.0 Å². The summed E-state index contributed by atoms with van der Waals surface area (Å²) < 4.78 is 20.8. The molecule has 6 heteroatoms. The summed E-state index contributed by atoms with van der Waals surface area (Å²) in [6.45, 7) is 5.77. The maximum absolute atomic E-state index is 11.8. The van der Waals surface area contributed by atoms with Crippen LogP contribution in [-0.4, -0.2) is 24.8 Å². The molecule has 0 saturated heterocycles. The number of carbonyl (C=O) groups is 2. The van der Waals surface area contributed by atoms with Crippen LogP contribution < -0.4 is 0 Å². The molecule has 0 spiro atoms. The molecule has 2 heterocycles. The number of hydrogen-bond acceptors (Lipinski definition) is 6. The lowest BCUT2D eigenvalue weighted by Crippen LogP contribution is -2.30. The topological polar surface area (TPSA) is 75.0 Å². The molecule has 6 nitrogen and oxygen atoms in total. The molecule has 27 heavy (non-hydrogen) atoms. The monoisotopic (exact) mass is 374 g/mol. The highest BCUT2D eigenvalue weighted by Crippen LogP contribution is 2.31. The van der Waals surface area contributed by atoms with Gasteiger partial charge in [-0.1, -0.05) is 17.2 Å². The van der Waals surface area contributed by atoms with E-state index in [2.05, 4.69) is 6.08 Å². The second kappa shape index (κ2) is 9.37. The van der Waals surface area contributed by atoms with Crippen molar-refractivity contribution in [3.63, 3.8) is 0 Å². The van der Waals surface area contributed by atoms with Gasteiger partial charge in [0.15, 0.2) is 0 Å². The molecule has 146 valence electrons. The highest BCUT2D eigenvalue weighted by molar-refractivity contribution is 5.90. The first kappa shape index (κ1) is 20.7. The summed E-state index contributed by atoms with van der Waals surface area (Å²) in [5, 5.41) is 0. The van der Waals surface area contributed by atoms with Gasteiger partial charge >= 0.3 is 11.9 Å². The van der Waals surface area contributed by atoms with Crippen molar-refractivity contribution >= 4 is 11.9 Å². The first-order valence-electron chi connectivity index (χ1n) is 8.82. The molecular weight excluding hydrogens is 348 g/mol. The van der Waals surface area contributed by atoms with Crippen molar-refractivity contribution in [3.8, 4) is 0 Å². The molecule has 1 aliphatic heterocycles. The van der Waals surface area contributed by atoms with E-state index >= 15 is 0 Å². The first-order valence-corrected chi connectivity index (χ1v) is 8.82. The number of carbonyl (C=O) groups excluding carboxylic acids is 2. The van der Waals surface area contributed by atoms with Crippen LogP contribution in [0.15, 0.2) is 58.0 Å². The largest absolute Gasteiger partial charge is 0.472 e. The van der Waals surface area contributed by atoms with Crippen LogP contribution in [0.3, 0.4) is 0 Å². The molecule has 2 rings (SSSR count). The van der Waals surface area contributed by atoms with Gasteiger partial charge in [0.1, 0.15) is 6.61 Å². The molecule has 0 N–H and O–H groups in total. The Morgan fingerprint density at radius 1 is 1.30 bits per heavy atom. The van der Waals surface area contributed by atoms with Crippen LogP contribution in [0.4, 0.5) is 0 Å². The van der Waals surface area contributed by atoms with E-state index in [9.17, 15) is 9.59 Å². The molecule has 0 saturated carbocycles. The first-order chi connectivity index (χ1) is 12.8. The zero-order chi connectivity index (χ0) is 19.9. The second-order valence-electron chi connectivity index (χ2n) is 6.73. The van der Waals surface area contributed by atoms with E-state index < -0.39 is 5.79 Å². The molecule has 1 aromatic rings. The van der Waals surface area contributed by atoms with Gasteiger partial charge in [-0.05, 0) is 45.8 Å². The smallest absolute Gasteiger partial charge is 0.336 e. The van der Waals surface area contributed by atoms with Crippen LogP contribution in [0.25, 0.3) is 0 Å². The predicted octanol–water partition coefficient (Wildman–Crippen LogP) is 4.23. The van der Waals surface area contributed by atoms with Crippen LogP contribution in [0, 0.1) is 0 Å². The quantitative estimate of drug-likeness (QED) is 0.366. The lowest BCUT2D eigenvalue weighted by Gasteiger charge is -2.24. The molecule has 0 aliphatic carbocycles. The fourth-order valence-electron chi connectivity index (χ4n) is 2.77. The number of allylic oxidation sites excluding steroid dienone is 2. The van der Waals surface area contributed by atoms with Crippen molar-refractivity contribution in [3.05, 3.63) is 59.1 Å². The fourth-order valence-corrected chi connectivity index (χ4v) is 2.77. The van der Waals surface area contributed by atoms with Crippen molar-refractivity contribution < 1.29 is 28.2 Å². The number of furan rings is 1. The number of ether oxygens (including phenoxy) is 3. The summed E-state index contributed by atoms with van der Waals surface area (Å²) in [5.41, 5.74) is 3.35. The SMILES string of the molecule is COC1(CC(C)=CCCC(C)=CC(=O)OCc2ccoc2)C=C(C)C(=O)O1. The highest BCUT2D eigenvalue weighted by atomic mass is 16.7. The highest BCUT2D eigenvalue weighted by Gasteiger charge is 2.38. The minimum absolute atomic E-state index is 0.197. The van der Waals surface area contributed by atoms with Crippen LogP contribution in [0.5, 0.6) is 0 Å². The average molecular weight is 374 g/mol. The van der Waals surface area contributed by atoms with Gasteiger partial charge < -0.3 is 18.6 Å². The minimum atomic E-state index is -1.01. The summed E-state index contributed by atoms with van der Waals surface area (Å²) >= 11 is 0. The zero-order valence-corrected chi connectivity index (χ0v) is 16.2. The molecule has 0 aromatic carbocycles. The van der Waals surface area contributed by atoms with Gasteiger partial charge in [0.25, 0.3) is 0 Å². The molecule has 0 bridgehead atoms. The Hall–Kier alpha value is -2.60. The summed E-state index contributed by atoms with van der Waals surface area (Å²) in [6.07, 6.45) is 10.3. The summed E-state index contributed by atoms with van der Waals surface area (Å²) in [4.78, 5) is 23.4. The summed E-state index contributed by atoms with van der Waals surface area (Å²) in [5.74, 6) is -1.73. The summed E-state index contributed by atoms with van der Waals surface area (Å²) in [6, 6.07) is 1.75. The van der Waals surface area contributed by atoms with E-state index in [1.165, 1.54) is 19.4 Å². The molecule has 1 aromatic heterocycles. The predicted molar refractivity (Wildman–Crippen MR) is 99.5 cm³/mol. The third kappa shape index (κ3) is 6.25. The van der Waals surface area contributed by atoms with Crippen molar-refractivity contribution in [1.29, 1.82) is 0 Å². The van der Waals surface area contributed by atoms with Crippen LogP contribution in [0.2, 0.25) is 0 Å². The van der Waals surface area contributed by atoms with Crippen LogP contribution in [0.1, 0.15) is 45.6 Å². The number of cyclic esters (lactones) is 1. The van der Waals surface area contributed by atoms with E-state index in [0.717, 1.165) is 29.6 Å². The Balaban J connectivity index is 1.79. The third-order valence-corrected chi connectivity index (χ3v) is 4.25. The van der Waals surface area contributed by atoms with Gasteiger partial charge in [-0.25, -0.2) is 9.59 Å². The third-order valence-electron chi connectivity index (χ3n) is 4.25. The number of rotatable bonds is 9. The maximum atomic E-state index is 11.8. The Morgan fingerprint density at radius 3 is 2.67 bits per heavy atom. The molecular formula is C21H26O6. The molecule has 1 unspecified atom stereocenters. The van der Waals surface area contributed by atoms with Gasteiger partial charge in [-0.2, -0.15) is 0 Å². The fraction of sp³-hybridized carbons (Fsp3) is 0.429. The molecule has 1 aliphatic rings. The number of methoxy groups -OCH3 is 1. The van der Waals surface area contributed by atoms with Crippen molar-refractivity contribution in [2.24, 2.45) is 0 Å². The standard InChI is InChI=1S/C21H26O6/c1-15(10-19(22)26-14-18-8-9-25-13-18)6-5-7-16(2)11-21(24-4)12-17(3)20(23)27-21/h7-10,12-13H,5-6,11,14H2,1-4H3. The van der Waals surface area contributed by atoms with Gasteiger partial charge in [-0.3, -0.25) is 0 Å². The minimum Gasteiger partial charge on any atom is -0.472 e. The lowest BCUT2D eigenvalue weighted by atomic mass is 10.0. The van der Waals surface area contributed by atoms with Gasteiger partial charge in [-0.15, -0.1) is 0 Å². The molecule has 0 radical (unpaired) electrons. The Kier molecular flexibility index (Phi) is 7.19. The normalized spacial score (nSPS) is 20.4.